The van der Waals surface area contributed by atoms with Crippen LogP contribution in [0.15, 0.2) is 41.3 Å². The molecule has 122 valence electrons. The van der Waals surface area contributed by atoms with Crippen molar-refractivity contribution >= 4 is 26.9 Å². The maximum atomic E-state index is 11.5. The smallest absolute Gasteiger partial charge is 0.293 e. The third-order valence-corrected chi connectivity index (χ3v) is 4.16. The Morgan fingerprint density at radius 3 is 2.43 bits per heavy atom. The molecule has 0 heterocycles. The zero-order valence-corrected chi connectivity index (χ0v) is 13.1. The molecule has 0 aliphatic rings. The van der Waals surface area contributed by atoms with Gasteiger partial charge in [-0.3, -0.25) is 10.1 Å². The maximum absolute atomic E-state index is 11.5. The molecule has 0 saturated carbocycles. The molecule has 0 aliphatic carbocycles. The van der Waals surface area contributed by atoms with Gasteiger partial charge in [-0.25, -0.2) is 8.42 Å². The molecule has 0 fully saturated rings. The number of sulfone groups is 1. The van der Waals surface area contributed by atoms with Crippen LogP contribution in [0.25, 0.3) is 0 Å². The lowest BCUT2D eigenvalue weighted by atomic mass is 10.2. The van der Waals surface area contributed by atoms with Crippen LogP contribution >= 0.6 is 0 Å². The SMILES string of the molecule is COc1ccc(Nc2ccc(S(C)(=O)=O)cc2[N+](=O)[O-])cc1O. The molecule has 0 spiro atoms. The summed E-state index contributed by atoms with van der Waals surface area (Å²) in [6.45, 7) is 0. The second-order valence-corrected chi connectivity index (χ2v) is 6.74. The summed E-state index contributed by atoms with van der Waals surface area (Å²) >= 11 is 0. The Hall–Kier alpha value is -2.81. The van der Waals surface area contributed by atoms with Crippen LogP contribution in [0.2, 0.25) is 0 Å². The predicted molar refractivity (Wildman–Crippen MR) is 84.1 cm³/mol. The number of anilines is 2. The lowest BCUT2D eigenvalue weighted by Crippen LogP contribution is -2.02. The highest BCUT2D eigenvalue weighted by Gasteiger charge is 2.19. The first-order valence-electron chi connectivity index (χ1n) is 6.35. The number of nitrogens with one attached hydrogen (secondary N) is 1. The topological polar surface area (TPSA) is 119 Å². The number of nitro groups is 1. The van der Waals surface area contributed by atoms with Gasteiger partial charge in [-0.2, -0.15) is 0 Å². The van der Waals surface area contributed by atoms with Crippen molar-refractivity contribution in [1.82, 2.24) is 0 Å². The summed E-state index contributed by atoms with van der Waals surface area (Å²) in [5, 5.41) is 23.7. The van der Waals surface area contributed by atoms with E-state index in [1.807, 2.05) is 0 Å². The van der Waals surface area contributed by atoms with E-state index in [0.29, 0.717) is 5.69 Å². The fraction of sp³-hybridized carbons (Fsp3) is 0.143. The third-order valence-electron chi connectivity index (χ3n) is 3.05. The normalized spacial score (nSPS) is 11.0. The second kappa shape index (κ2) is 6.13. The highest BCUT2D eigenvalue weighted by atomic mass is 32.2. The lowest BCUT2D eigenvalue weighted by molar-refractivity contribution is -0.384. The van der Waals surface area contributed by atoms with E-state index in [0.717, 1.165) is 12.3 Å². The van der Waals surface area contributed by atoms with Crippen molar-refractivity contribution in [1.29, 1.82) is 0 Å². The quantitative estimate of drug-likeness (QED) is 0.635. The Labute approximate surface area is 132 Å². The number of nitrogens with zero attached hydrogens (tertiary/aromatic N) is 1. The van der Waals surface area contributed by atoms with E-state index in [1.165, 1.54) is 31.4 Å². The van der Waals surface area contributed by atoms with Crippen molar-refractivity contribution < 1.29 is 23.2 Å². The number of hydrogen-bond donors (Lipinski definition) is 2. The average Bonchev–Trinajstić information content (AvgIpc) is 2.46. The molecule has 0 radical (unpaired) electrons. The van der Waals surface area contributed by atoms with Gasteiger partial charge in [0.2, 0.25) is 0 Å². The summed E-state index contributed by atoms with van der Waals surface area (Å²) in [6, 6.07) is 7.96. The van der Waals surface area contributed by atoms with Crippen LogP contribution in [0.3, 0.4) is 0 Å². The minimum absolute atomic E-state index is 0.104. The molecule has 0 unspecified atom stereocenters. The first-order chi connectivity index (χ1) is 10.7. The highest BCUT2D eigenvalue weighted by molar-refractivity contribution is 7.90. The van der Waals surface area contributed by atoms with E-state index < -0.39 is 14.8 Å². The summed E-state index contributed by atoms with van der Waals surface area (Å²) in [5.41, 5.74) is 0.105. The number of benzene rings is 2. The summed E-state index contributed by atoms with van der Waals surface area (Å²) in [4.78, 5) is 10.3. The summed E-state index contributed by atoms with van der Waals surface area (Å²) in [7, 11) is -2.15. The highest BCUT2D eigenvalue weighted by Crippen LogP contribution is 2.33. The molecule has 0 amide bonds. The Balaban J connectivity index is 2.43. The summed E-state index contributed by atoms with van der Waals surface area (Å²) in [6.07, 6.45) is 0.973. The Morgan fingerprint density at radius 1 is 1.22 bits per heavy atom. The molecule has 0 bridgehead atoms. The fourth-order valence-electron chi connectivity index (χ4n) is 1.92. The van der Waals surface area contributed by atoms with Gasteiger partial charge in [0, 0.05) is 24.1 Å². The van der Waals surface area contributed by atoms with Crippen molar-refractivity contribution in [3.8, 4) is 11.5 Å². The van der Waals surface area contributed by atoms with Crippen molar-refractivity contribution in [2.45, 2.75) is 4.90 Å². The molecule has 2 aromatic carbocycles. The van der Waals surface area contributed by atoms with Gasteiger partial charge in [0.1, 0.15) is 5.69 Å². The molecule has 2 N–H and O–H groups in total. The molecule has 2 rings (SSSR count). The number of methoxy groups -OCH3 is 1. The number of hydrogen-bond acceptors (Lipinski definition) is 7. The maximum Gasteiger partial charge on any atom is 0.293 e. The summed E-state index contributed by atoms with van der Waals surface area (Å²) in [5.74, 6) is 0.130. The number of ether oxygens (including phenoxy) is 1. The van der Waals surface area contributed by atoms with Crippen molar-refractivity contribution in [2.24, 2.45) is 0 Å². The number of rotatable bonds is 5. The van der Waals surface area contributed by atoms with Crippen LogP contribution in [-0.2, 0) is 9.84 Å². The molecular formula is C14H14N2O6S. The van der Waals surface area contributed by atoms with Crippen molar-refractivity contribution in [3.63, 3.8) is 0 Å². The van der Waals surface area contributed by atoms with Gasteiger partial charge in [-0.1, -0.05) is 0 Å². The molecule has 23 heavy (non-hydrogen) atoms. The molecule has 0 aliphatic heterocycles. The molecule has 0 atom stereocenters. The van der Waals surface area contributed by atoms with Crippen LogP contribution in [0.4, 0.5) is 17.1 Å². The van der Waals surface area contributed by atoms with Crippen LogP contribution in [0.1, 0.15) is 0 Å². The molecule has 0 saturated heterocycles. The monoisotopic (exact) mass is 338 g/mol. The van der Waals surface area contributed by atoms with Gasteiger partial charge in [0.05, 0.1) is 16.9 Å². The molecule has 2 aromatic rings. The minimum atomic E-state index is -3.55. The Kier molecular flexibility index (Phi) is 4.41. The summed E-state index contributed by atoms with van der Waals surface area (Å²) < 4.78 is 27.9. The van der Waals surface area contributed by atoms with E-state index in [2.05, 4.69) is 5.32 Å². The number of aromatic hydroxyl groups is 1. The Bertz CT molecular complexity index is 864. The van der Waals surface area contributed by atoms with Gasteiger partial charge in [0.15, 0.2) is 21.3 Å². The molecule has 9 heteroatoms. The Morgan fingerprint density at radius 2 is 1.91 bits per heavy atom. The number of phenolic OH excluding ortho intramolecular Hbond substituents is 1. The minimum Gasteiger partial charge on any atom is -0.504 e. The lowest BCUT2D eigenvalue weighted by Gasteiger charge is -2.10. The van der Waals surface area contributed by atoms with E-state index >= 15 is 0 Å². The van der Waals surface area contributed by atoms with Gasteiger partial charge >= 0.3 is 0 Å². The van der Waals surface area contributed by atoms with Crippen LogP contribution < -0.4 is 10.1 Å². The zero-order valence-electron chi connectivity index (χ0n) is 12.3. The number of nitro benzene ring substituents is 1. The standard InChI is InChI=1S/C14H14N2O6S/c1-22-14-6-3-9(7-13(14)17)15-11-5-4-10(23(2,20)21)8-12(11)16(18)19/h3-8,15,17H,1-2H3. The van der Waals surface area contributed by atoms with E-state index in [9.17, 15) is 23.6 Å². The third kappa shape index (κ3) is 3.69. The van der Waals surface area contributed by atoms with Crippen LogP contribution in [-0.4, -0.2) is 31.8 Å². The van der Waals surface area contributed by atoms with Gasteiger partial charge in [-0.15, -0.1) is 0 Å². The fourth-order valence-corrected chi connectivity index (χ4v) is 2.56. The van der Waals surface area contributed by atoms with Crippen LogP contribution in [0.5, 0.6) is 11.5 Å². The zero-order chi connectivity index (χ0) is 17.2. The largest absolute Gasteiger partial charge is 0.504 e. The van der Waals surface area contributed by atoms with Gasteiger partial charge in [0.25, 0.3) is 5.69 Å². The van der Waals surface area contributed by atoms with Gasteiger partial charge in [-0.05, 0) is 24.3 Å². The molecular weight excluding hydrogens is 324 g/mol. The van der Waals surface area contributed by atoms with E-state index in [1.54, 1.807) is 6.07 Å². The second-order valence-electron chi connectivity index (χ2n) is 4.72. The van der Waals surface area contributed by atoms with Gasteiger partial charge < -0.3 is 15.2 Å². The first-order valence-corrected chi connectivity index (χ1v) is 8.24. The van der Waals surface area contributed by atoms with E-state index in [4.69, 9.17) is 4.74 Å². The van der Waals surface area contributed by atoms with Crippen molar-refractivity contribution in [2.75, 3.05) is 18.7 Å². The number of phenols is 1. The molecule has 0 aromatic heterocycles. The first kappa shape index (κ1) is 16.6. The van der Waals surface area contributed by atoms with Crippen LogP contribution in [0, 0.1) is 10.1 Å². The molecule has 8 nitrogen and oxygen atoms in total. The van der Waals surface area contributed by atoms with Crippen molar-refractivity contribution in [3.05, 3.63) is 46.5 Å². The average molecular weight is 338 g/mol. The predicted octanol–water partition coefficient (Wildman–Crippen LogP) is 2.46. The van der Waals surface area contributed by atoms with E-state index in [-0.39, 0.29) is 27.8 Å².